The Labute approximate surface area is 126 Å². The third-order valence-corrected chi connectivity index (χ3v) is 4.25. The zero-order valence-electron chi connectivity index (χ0n) is 11.8. The highest BCUT2D eigenvalue weighted by molar-refractivity contribution is 7.99. The van der Waals surface area contributed by atoms with E-state index in [1.807, 2.05) is 13.8 Å². The molecule has 0 aliphatic rings. The molecule has 0 spiro atoms. The van der Waals surface area contributed by atoms with Crippen LogP contribution in [0.1, 0.15) is 25.5 Å². The Morgan fingerprint density at radius 1 is 1.10 bits per heavy atom. The summed E-state index contributed by atoms with van der Waals surface area (Å²) < 4.78 is 41.1. The Kier molecular flexibility index (Phi) is 5.31. The zero-order chi connectivity index (χ0) is 15.4. The monoisotopic (exact) mass is 311 g/mol. The smallest absolute Gasteiger partial charge is 0.137 e. The van der Waals surface area contributed by atoms with Crippen LogP contribution in [-0.4, -0.2) is 6.54 Å². The lowest BCUT2D eigenvalue weighted by Crippen LogP contribution is -2.18. The molecule has 0 radical (unpaired) electrons. The quantitative estimate of drug-likeness (QED) is 0.840. The standard InChI is InChI=1S/C16H16F3NS/c1-3-20-10(2)12-5-4-6-14(19)16(12)21-15-9-11(17)7-8-13(15)18/h4-10,20H,3H2,1-2H3. The molecule has 0 saturated carbocycles. The summed E-state index contributed by atoms with van der Waals surface area (Å²) in [6, 6.07) is 7.82. The van der Waals surface area contributed by atoms with Crippen LogP contribution in [0.5, 0.6) is 0 Å². The molecule has 1 atom stereocenters. The third-order valence-electron chi connectivity index (χ3n) is 3.08. The minimum atomic E-state index is -0.563. The lowest BCUT2D eigenvalue weighted by molar-refractivity contribution is 0.556. The third kappa shape index (κ3) is 3.80. The van der Waals surface area contributed by atoms with Crippen molar-refractivity contribution in [1.29, 1.82) is 0 Å². The van der Waals surface area contributed by atoms with Gasteiger partial charge in [-0.2, -0.15) is 0 Å². The van der Waals surface area contributed by atoms with Gasteiger partial charge in [-0.05, 0) is 43.3 Å². The molecule has 0 aliphatic carbocycles. The molecule has 0 fully saturated rings. The van der Waals surface area contributed by atoms with E-state index in [1.54, 1.807) is 12.1 Å². The van der Waals surface area contributed by atoms with E-state index in [-0.39, 0.29) is 10.9 Å². The summed E-state index contributed by atoms with van der Waals surface area (Å²) in [6.45, 7) is 4.59. The van der Waals surface area contributed by atoms with Crippen molar-refractivity contribution in [1.82, 2.24) is 5.32 Å². The number of halogens is 3. The molecule has 1 nitrogen and oxygen atoms in total. The van der Waals surface area contributed by atoms with Crippen LogP contribution in [0.4, 0.5) is 13.2 Å². The molecule has 0 heterocycles. The highest BCUT2D eigenvalue weighted by atomic mass is 32.2. The minimum absolute atomic E-state index is 0.0741. The van der Waals surface area contributed by atoms with Gasteiger partial charge in [0.2, 0.25) is 0 Å². The first-order valence-electron chi connectivity index (χ1n) is 6.67. The number of benzene rings is 2. The van der Waals surface area contributed by atoms with E-state index < -0.39 is 17.5 Å². The van der Waals surface area contributed by atoms with Crippen molar-refractivity contribution < 1.29 is 13.2 Å². The van der Waals surface area contributed by atoms with Gasteiger partial charge in [0.25, 0.3) is 0 Å². The van der Waals surface area contributed by atoms with Gasteiger partial charge in [0.15, 0.2) is 0 Å². The summed E-state index contributed by atoms with van der Waals surface area (Å²) in [5.41, 5.74) is 0.727. The number of hydrogen-bond acceptors (Lipinski definition) is 2. The van der Waals surface area contributed by atoms with E-state index in [9.17, 15) is 13.2 Å². The first-order chi connectivity index (χ1) is 10.0. The summed E-state index contributed by atoms with van der Waals surface area (Å²) in [5.74, 6) is -1.55. The second-order valence-corrected chi connectivity index (χ2v) is 5.67. The van der Waals surface area contributed by atoms with Crippen molar-refractivity contribution in [3.63, 3.8) is 0 Å². The van der Waals surface area contributed by atoms with Crippen LogP contribution in [0.15, 0.2) is 46.2 Å². The SMILES string of the molecule is CCNC(C)c1cccc(F)c1Sc1cc(F)ccc1F. The van der Waals surface area contributed by atoms with Gasteiger partial charge in [0.1, 0.15) is 17.5 Å². The predicted octanol–water partition coefficient (Wildman–Crippen LogP) is 4.93. The number of hydrogen-bond donors (Lipinski definition) is 1. The van der Waals surface area contributed by atoms with Gasteiger partial charge in [0.05, 0.1) is 9.79 Å². The molecule has 0 saturated heterocycles. The van der Waals surface area contributed by atoms with Crippen molar-refractivity contribution in [2.75, 3.05) is 6.54 Å². The molecule has 5 heteroatoms. The fourth-order valence-corrected chi connectivity index (χ4v) is 3.14. The Morgan fingerprint density at radius 3 is 2.57 bits per heavy atom. The summed E-state index contributed by atoms with van der Waals surface area (Å²) in [5, 5.41) is 3.19. The van der Waals surface area contributed by atoms with E-state index in [4.69, 9.17) is 0 Å². The van der Waals surface area contributed by atoms with Crippen LogP contribution in [0.2, 0.25) is 0 Å². The minimum Gasteiger partial charge on any atom is -0.310 e. The van der Waals surface area contributed by atoms with Crippen molar-refractivity contribution in [3.05, 3.63) is 59.4 Å². The predicted molar refractivity (Wildman–Crippen MR) is 79.0 cm³/mol. The van der Waals surface area contributed by atoms with Gasteiger partial charge in [-0.3, -0.25) is 0 Å². The molecule has 0 bridgehead atoms. The van der Waals surface area contributed by atoms with E-state index in [0.717, 1.165) is 42.1 Å². The summed E-state index contributed by atoms with van der Waals surface area (Å²) in [4.78, 5) is 0.389. The van der Waals surface area contributed by atoms with Crippen LogP contribution >= 0.6 is 11.8 Å². The molecule has 0 amide bonds. The van der Waals surface area contributed by atoms with E-state index in [0.29, 0.717) is 4.90 Å². The molecule has 0 aromatic heterocycles. The van der Waals surface area contributed by atoms with Crippen molar-refractivity contribution in [2.24, 2.45) is 0 Å². The molecular weight excluding hydrogens is 295 g/mol. The van der Waals surface area contributed by atoms with Crippen molar-refractivity contribution in [2.45, 2.75) is 29.7 Å². The highest BCUT2D eigenvalue weighted by Crippen LogP contribution is 2.36. The molecular formula is C16H16F3NS. The number of nitrogens with one attached hydrogen (secondary N) is 1. The van der Waals surface area contributed by atoms with Gasteiger partial charge in [-0.15, -0.1) is 0 Å². The molecule has 2 aromatic rings. The molecule has 1 N–H and O–H groups in total. The highest BCUT2D eigenvalue weighted by Gasteiger charge is 2.16. The Bertz CT molecular complexity index is 631. The van der Waals surface area contributed by atoms with Gasteiger partial charge in [-0.25, -0.2) is 13.2 Å². The van der Waals surface area contributed by atoms with Crippen LogP contribution < -0.4 is 5.32 Å². The summed E-state index contributed by atoms with van der Waals surface area (Å²) in [7, 11) is 0. The fraction of sp³-hybridized carbons (Fsp3) is 0.250. The van der Waals surface area contributed by atoms with Gasteiger partial charge in [-0.1, -0.05) is 30.8 Å². The van der Waals surface area contributed by atoms with Gasteiger partial charge in [0, 0.05) is 6.04 Å². The van der Waals surface area contributed by atoms with Crippen LogP contribution in [0.3, 0.4) is 0 Å². The largest absolute Gasteiger partial charge is 0.310 e. The molecule has 0 aliphatic heterocycles. The summed E-state index contributed by atoms with van der Waals surface area (Å²) >= 11 is 0.906. The molecule has 112 valence electrons. The Balaban J connectivity index is 2.41. The van der Waals surface area contributed by atoms with E-state index in [1.165, 1.54) is 6.07 Å². The second-order valence-electron chi connectivity index (χ2n) is 4.61. The van der Waals surface area contributed by atoms with Gasteiger partial charge < -0.3 is 5.32 Å². The average Bonchev–Trinajstić information content (AvgIpc) is 2.45. The molecule has 2 aromatic carbocycles. The fourth-order valence-electron chi connectivity index (χ4n) is 2.06. The van der Waals surface area contributed by atoms with Crippen LogP contribution in [-0.2, 0) is 0 Å². The summed E-state index contributed by atoms with van der Waals surface area (Å²) in [6.07, 6.45) is 0. The molecule has 1 unspecified atom stereocenters. The Hall–Kier alpha value is -1.46. The zero-order valence-corrected chi connectivity index (χ0v) is 12.6. The maximum atomic E-state index is 14.1. The molecule has 2 rings (SSSR count). The lowest BCUT2D eigenvalue weighted by Gasteiger charge is -2.17. The van der Waals surface area contributed by atoms with Crippen LogP contribution in [0.25, 0.3) is 0 Å². The first-order valence-corrected chi connectivity index (χ1v) is 7.49. The van der Waals surface area contributed by atoms with Crippen molar-refractivity contribution >= 4 is 11.8 Å². The molecule has 21 heavy (non-hydrogen) atoms. The van der Waals surface area contributed by atoms with E-state index in [2.05, 4.69) is 5.32 Å². The second kappa shape index (κ2) is 7.00. The van der Waals surface area contributed by atoms with Crippen molar-refractivity contribution in [3.8, 4) is 0 Å². The van der Waals surface area contributed by atoms with E-state index >= 15 is 0 Å². The maximum Gasteiger partial charge on any atom is 0.137 e. The first kappa shape index (κ1) is 15.9. The lowest BCUT2D eigenvalue weighted by atomic mass is 10.1. The van der Waals surface area contributed by atoms with Crippen LogP contribution in [0, 0.1) is 17.5 Å². The topological polar surface area (TPSA) is 12.0 Å². The Morgan fingerprint density at radius 2 is 1.86 bits per heavy atom. The number of rotatable bonds is 5. The maximum absolute atomic E-state index is 14.1. The average molecular weight is 311 g/mol. The normalized spacial score (nSPS) is 12.4. The van der Waals surface area contributed by atoms with Gasteiger partial charge >= 0.3 is 0 Å².